The number of nitrogens with two attached hydrogens (primary N) is 2. The Balaban J connectivity index is 0.00000199. The molecule has 0 spiro atoms. The van der Waals surface area contributed by atoms with Crippen LogP contribution in [0, 0.1) is 11.3 Å². The summed E-state index contributed by atoms with van der Waals surface area (Å²) in [6, 6.07) is 4.00. The molecule has 6 N–H and O–H groups in total. The maximum atomic E-state index is 13.1. The number of hydrogen-bond acceptors (Lipinski definition) is 7. The lowest BCUT2D eigenvalue weighted by Gasteiger charge is -2.31. The van der Waals surface area contributed by atoms with Crippen molar-refractivity contribution in [2.75, 3.05) is 26.2 Å². The number of aliphatic imine (C=N–C) groups is 1. The molecule has 2 amide bonds. The molecule has 3 rings (SSSR count). The van der Waals surface area contributed by atoms with E-state index in [1.807, 2.05) is 26.8 Å². The Hall–Kier alpha value is -3.73. The molecule has 0 bridgehead atoms. The number of hydrogen-bond donors (Lipinski definition) is 4. The molecule has 0 aromatic heterocycles. The number of amides is 2. The van der Waals surface area contributed by atoms with Gasteiger partial charge in [0, 0.05) is 24.7 Å². The molecular formula is C32H44Cl2F3N7O2. The molecule has 46 heavy (non-hydrogen) atoms. The minimum atomic E-state index is -4.52. The van der Waals surface area contributed by atoms with Crippen LogP contribution in [-0.2, 0) is 4.79 Å². The van der Waals surface area contributed by atoms with Crippen molar-refractivity contribution in [3.63, 3.8) is 0 Å². The van der Waals surface area contributed by atoms with E-state index in [-0.39, 0.29) is 46.9 Å². The molecule has 1 aromatic rings. The number of urea groups is 1. The Morgan fingerprint density at radius 2 is 1.89 bits per heavy atom. The first-order chi connectivity index (χ1) is 21.7. The third-order valence-electron chi connectivity index (χ3n) is 6.56. The van der Waals surface area contributed by atoms with Crippen molar-refractivity contribution in [2.45, 2.75) is 66.5 Å². The molecule has 1 heterocycles. The van der Waals surface area contributed by atoms with Crippen LogP contribution in [0.2, 0.25) is 10.0 Å². The highest BCUT2D eigenvalue weighted by molar-refractivity contribution is 6.43. The summed E-state index contributed by atoms with van der Waals surface area (Å²) in [6.07, 6.45) is 1.45. The molecule has 1 fully saturated rings. The minimum Gasteiger partial charge on any atom is -0.400 e. The fourth-order valence-corrected chi connectivity index (χ4v) is 4.60. The number of nitrogens with zero attached hydrogens (tertiary/aromatic N) is 3. The van der Waals surface area contributed by atoms with Crippen LogP contribution in [-0.4, -0.2) is 65.7 Å². The van der Waals surface area contributed by atoms with Crippen LogP contribution in [0.25, 0.3) is 0 Å². The van der Waals surface area contributed by atoms with Gasteiger partial charge in [-0.25, -0.2) is 14.6 Å². The first kappa shape index (κ1) is 40.3. The summed E-state index contributed by atoms with van der Waals surface area (Å²) in [5.74, 6) is 0.729. The second-order valence-corrected chi connectivity index (χ2v) is 11.0. The third kappa shape index (κ3) is 12.6. The molecule has 0 radical (unpaired) electrons. The summed E-state index contributed by atoms with van der Waals surface area (Å²) in [4.78, 5) is 31.1. The largest absolute Gasteiger partial charge is 0.400 e. The number of alkyl halides is 3. The predicted octanol–water partition coefficient (Wildman–Crippen LogP) is 7.52. The second-order valence-electron chi connectivity index (χ2n) is 10.2. The van der Waals surface area contributed by atoms with Crippen molar-refractivity contribution in [3.8, 4) is 0 Å². The van der Waals surface area contributed by atoms with Gasteiger partial charge in [-0.3, -0.25) is 10.3 Å². The number of nitrogens with one attached hydrogen (secondary N) is 2. The molecule has 1 unspecified atom stereocenters. The fourth-order valence-electron chi connectivity index (χ4n) is 4.26. The van der Waals surface area contributed by atoms with Gasteiger partial charge in [0.15, 0.2) is 11.8 Å². The van der Waals surface area contributed by atoms with Crippen LogP contribution in [0.15, 0.2) is 64.1 Å². The predicted molar refractivity (Wildman–Crippen MR) is 181 cm³/mol. The van der Waals surface area contributed by atoms with E-state index < -0.39 is 31.1 Å². The van der Waals surface area contributed by atoms with Crippen molar-refractivity contribution in [2.24, 2.45) is 22.4 Å². The van der Waals surface area contributed by atoms with E-state index in [2.05, 4.69) is 24.2 Å². The summed E-state index contributed by atoms with van der Waals surface area (Å²) in [6.45, 7) is 9.55. The molecule has 1 saturated heterocycles. The monoisotopic (exact) mass is 685 g/mol. The van der Waals surface area contributed by atoms with E-state index in [0.29, 0.717) is 29.9 Å². The van der Waals surface area contributed by atoms with Gasteiger partial charge >= 0.3 is 12.2 Å². The normalized spacial score (nSPS) is 17.8. The van der Waals surface area contributed by atoms with E-state index >= 15 is 0 Å². The van der Waals surface area contributed by atoms with Gasteiger partial charge in [0.2, 0.25) is 0 Å². The lowest BCUT2D eigenvalue weighted by atomic mass is 9.95. The quantitative estimate of drug-likeness (QED) is 0.133. The number of rotatable bonds is 7. The first-order valence-corrected chi connectivity index (χ1v) is 15.8. The van der Waals surface area contributed by atoms with Crippen LogP contribution in [0.3, 0.4) is 0 Å². The van der Waals surface area contributed by atoms with Crippen molar-refractivity contribution in [1.29, 1.82) is 5.41 Å². The second kappa shape index (κ2) is 19.7. The summed E-state index contributed by atoms with van der Waals surface area (Å²) in [7, 11) is 0. The lowest BCUT2D eigenvalue weighted by molar-refractivity contribution is -0.135. The van der Waals surface area contributed by atoms with Crippen LogP contribution in [0.4, 0.5) is 23.7 Å². The summed E-state index contributed by atoms with van der Waals surface area (Å²) < 4.78 is 39.1. The molecule has 254 valence electrons. The Bertz CT molecular complexity index is 1380. The zero-order chi connectivity index (χ0) is 35.0. The molecule has 14 heteroatoms. The average molecular weight is 687 g/mol. The average Bonchev–Trinajstić information content (AvgIpc) is 3.02. The number of likely N-dealkylation sites (tertiary alicyclic amines) is 1. The van der Waals surface area contributed by atoms with Gasteiger partial charge in [-0.05, 0) is 37.5 Å². The van der Waals surface area contributed by atoms with Crippen LogP contribution in [0.5, 0.6) is 0 Å². The van der Waals surface area contributed by atoms with Gasteiger partial charge < -0.3 is 21.7 Å². The van der Waals surface area contributed by atoms with Crippen molar-refractivity contribution >= 4 is 52.4 Å². The smallest absolute Gasteiger partial charge is 0.390 e. The van der Waals surface area contributed by atoms with Crippen molar-refractivity contribution in [1.82, 2.24) is 15.1 Å². The van der Waals surface area contributed by atoms with Crippen molar-refractivity contribution in [3.05, 3.63) is 69.1 Å². The number of allylic oxidation sites excluding steroid dienone is 3. The molecule has 1 aliphatic heterocycles. The highest BCUT2D eigenvalue weighted by atomic mass is 35.5. The van der Waals surface area contributed by atoms with Crippen LogP contribution >= 0.6 is 23.2 Å². The molecule has 2 aliphatic rings. The number of amidine groups is 1. The molecule has 9 nitrogen and oxygen atoms in total. The van der Waals surface area contributed by atoms with E-state index in [0.717, 1.165) is 10.5 Å². The number of piperidine rings is 1. The highest BCUT2D eigenvalue weighted by Gasteiger charge is 2.32. The minimum absolute atomic E-state index is 0.0806. The number of carbonyl (C=O) groups is 1. The molecular weight excluding hydrogens is 642 g/mol. The SMILES string of the molecule is CC.CC1=CCC(C(=N)N(CCC(F)(F)F)C(=O)NC/C(N)=C2\CCN(C(N)=C=O)CC2=Nc2cccc(Cl)c2Cl)C=C1.CCC. The molecule has 1 aliphatic carbocycles. The number of halogens is 5. The topological polar surface area (TPSA) is 141 Å². The number of carbonyl (C=O) groups excluding carboxylic acids is 2. The zero-order valence-electron chi connectivity index (χ0n) is 26.9. The van der Waals surface area contributed by atoms with E-state index in [9.17, 15) is 22.8 Å². The Kier molecular flexibility index (Phi) is 17.3. The summed E-state index contributed by atoms with van der Waals surface area (Å²) >= 11 is 12.4. The molecule has 1 aromatic carbocycles. The van der Waals surface area contributed by atoms with Gasteiger partial charge in [0.25, 0.3) is 0 Å². The van der Waals surface area contributed by atoms with Gasteiger partial charge in [-0.1, -0.05) is 87.2 Å². The lowest BCUT2D eigenvalue weighted by Crippen LogP contribution is -2.48. The Morgan fingerprint density at radius 1 is 1.24 bits per heavy atom. The van der Waals surface area contributed by atoms with Crippen LogP contribution < -0.4 is 16.8 Å². The first-order valence-electron chi connectivity index (χ1n) is 15.0. The zero-order valence-corrected chi connectivity index (χ0v) is 28.4. The Labute approximate surface area is 279 Å². The number of benzene rings is 1. The molecule has 0 saturated carbocycles. The van der Waals surface area contributed by atoms with Gasteiger partial charge in [-0.2, -0.15) is 13.2 Å². The van der Waals surface area contributed by atoms with Crippen molar-refractivity contribution < 1.29 is 22.8 Å². The third-order valence-corrected chi connectivity index (χ3v) is 7.37. The summed E-state index contributed by atoms with van der Waals surface area (Å²) in [5.41, 5.74) is 14.6. The van der Waals surface area contributed by atoms with E-state index in [4.69, 9.17) is 40.1 Å². The van der Waals surface area contributed by atoms with E-state index in [1.54, 1.807) is 41.2 Å². The molecule has 1 atom stereocenters. The fraction of sp³-hybridized carbons (Fsp3) is 0.469. The van der Waals surface area contributed by atoms with E-state index in [1.165, 1.54) is 6.42 Å². The van der Waals surface area contributed by atoms with Gasteiger partial charge in [-0.15, -0.1) is 0 Å². The Morgan fingerprint density at radius 3 is 2.46 bits per heavy atom. The maximum absolute atomic E-state index is 13.1. The maximum Gasteiger partial charge on any atom is 0.390 e. The van der Waals surface area contributed by atoms with Crippen LogP contribution in [0.1, 0.15) is 60.3 Å². The standard InChI is InChI=1S/C27H30Cl2F3N7O2.C3H8.C2H6/c1-16-5-7-17(8-6-16)25(35)39(12-10-27(30,31)32)26(41)36-13-20(33)18-9-11-38(23(34)15-40)14-22(18)37-21-4-2-3-19(28)24(21)29;1-3-2;1-2/h2-7,17,35H,8-14,33-34H2,1H3,(H,36,41);3H2,1-2H3;1-2H3/b20-18-,35-25?,37-22?;;. The summed E-state index contributed by atoms with van der Waals surface area (Å²) in [5, 5.41) is 11.5. The van der Waals surface area contributed by atoms with Gasteiger partial charge in [0.1, 0.15) is 5.84 Å². The van der Waals surface area contributed by atoms with Gasteiger partial charge in [0.05, 0.1) is 41.0 Å². The highest BCUT2D eigenvalue weighted by Crippen LogP contribution is 2.33.